The molecule has 1 atom stereocenters. The summed E-state index contributed by atoms with van der Waals surface area (Å²) in [6, 6.07) is 5.98. The molecule has 3 heterocycles. The molecule has 9 nitrogen and oxygen atoms in total. The minimum absolute atomic E-state index is 0.118. The lowest BCUT2D eigenvalue weighted by Gasteiger charge is -2.09. The molecule has 0 aliphatic carbocycles. The Bertz CT molecular complexity index is 1100. The van der Waals surface area contributed by atoms with Crippen LogP contribution in [0.5, 0.6) is 5.75 Å². The highest BCUT2D eigenvalue weighted by atomic mass is 19.1. The first-order chi connectivity index (χ1) is 14.5. The Labute approximate surface area is 171 Å². The molecule has 10 heteroatoms. The maximum absolute atomic E-state index is 13.5. The first-order valence-corrected chi connectivity index (χ1v) is 9.21. The predicted octanol–water partition coefficient (Wildman–Crippen LogP) is 2.45. The van der Waals surface area contributed by atoms with Crippen LogP contribution in [0.15, 0.2) is 41.9 Å². The molecule has 30 heavy (non-hydrogen) atoms. The molecule has 1 aromatic carbocycles. The van der Waals surface area contributed by atoms with E-state index in [4.69, 9.17) is 9.57 Å². The Morgan fingerprint density at radius 3 is 3.00 bits per heavy atom. The molecule has 0 saturated carbocycles. The number of aromatic nitrogens is 4. The number of benzene rings is 1. The lowest BCUT2D eigenvalue weighted by Crippen LogP contribution is -2.25. The third kappa shape index (κ3) is 4.12. The van der Waals surface area contributed by atoms with Gasteiger partial charge in [-0.05, 0) is 30.7 Å². The molecule has 0 fully saturated rings. The predicted molar refractivity (Wildman–Crippen MR) is 104 cm³/mol. The largest absolute Gasteiger partial charge is 0.494 e. The van der Waals surface area contributed by atoms with Gasteiger partial charge in [-0.15, -0.1) is 0 Å². The number of aromatic amines is 1. The number of methoxy groups -OCH3 is 1. The summed E-state index contributed by atoms with van der Waals surface area (Å²) < 4.78 is 18.5. The molecular formula is C20H19FN6O3. The number of carbonyl (C=O) groups excluding carboxylic acids is 1. The summed E-state index contributed by atoms with van der Waals surface area (Å²) in [5.74, 6) is -0.288. The van der Waals surface area contributed by atoms with Gasteiger partial charge >= 0.3 is 0 Å². The van der Waals surface area contributed by atoms with Crippen LogP contribution in [-0.2, 0) is 11.4 Å². The van der Waals surface area contributed by atoms with Crippen molar-refractivity contribution in [2.24, 2.45) is 5.16 Å². The highest BCUT2D eigenvalue weighted by Gasteiger charge is 2.27. The van der Waals surface area contributed by atoms with E-state index in [9.17, 15) is 9.18 Å². The van der Waals surface area contributed by atoms with E-state index >= 15 is 0 Å². The van der Waals surface area contributed by atoms with Crippen LogP contribution in [0.4, 0.5) is 4.39 Å². The van der Waals surface area contributed by atoms with Crippen LogP contribution in [0.25, 0.3) is 0 Å². The van der Waals surface area contributed by atoms with Gasteiger partial charge in [0.2, 0.25) is 0 Å². The number of halogens is 1. The van der Waals surface area contributed by atoms with E-state index < -0.39 is 5.82 Å². The van der Waals surface area contributed by atoms with Gasteiger partial charge in [-0.1, -0.05) is 11.2 Å². The number of H-pyrrole nitrogens is 1. The minimum atomic E-state index is -0.462. The Morgan fingerprint density at radius 2 is 2.23 bits per heavy atom. The second-order valence-electron chi connectivity index (χ2n) is 6.67. The van der Waals surface area contributed by atoms with Gasteiger partial charge in [-0.3, -0.25) is 4.79 Å². The van der Waals surface area contributed by atoms with Crippen molar-refractivity contribution in [1.29, 1.82) is 0 Å². The van der Waals surface area contributed by atoms with Gasteiger partial charge in [0.25, 0.3) is 5.91 Å². The zero-order valence-corrected chi connectivity index (χ0v) is 16.3. The average Bonchev–Trinajstić information content (AvgIpc) is 3.44. The van der Waals surface area contributed by atoms with E-state index in [0.717, 1.165) is 5.69 Å². The molecule has 1 unspecified atom stereocenters. The molecular weight excluding hydrogens is 391 g/mol. The molecule has 0 spiro atoms. The molecule has 1 amide bonds. The molecule has 1 aliphatic heterocycles. The van der Waals surface area contributed by atoms with Gasteiger partial charge in [0, 0.05) is 19.2 Å². The summed E-state index contributed by atoms with van der Waals surface area (Å²) in [7, 11) is 1.39. The van der Waals surface area contributed by atoms with Crippen LogP contribution in [0.3, 0.4) is 0 Å². The minimum Gasteiger partial charge on any atom is -0.494 e. The number of carbonyl (C=O) groups is 1. The summed E-state index contributed by atoms with van der Waals surface area (Å²) in [5, 5.41) is 6.87. The standard InChI is InChI=1S/C20H19FN6O3/c1-11-25-14(15-7-19(30-27-15)17-9-22-10-24-17)6-16(26-11)20(28)23-8-12-3-4-13(21)18(5-12)29-2/h3-6,9-10,19H,7-8H2,1-2H3,(H,22,24)(H,23,28). The highest BCUT2D eigenvalue weighted by molar-refractivity contribution is 6.01. The maximum atomic E-state index is 13.5. The Hall–Kier alpha value is -3.82. The van der Waals surface area contributed by atoms with Crippen molar-refractivity contribution in [1.82, 2.24) is 25.3 Å². The third-order valence-corrected chi connectivity index (χ3v) is 4.55. The average molecular weight is 410 g/mol. The number of hydrogen-bond acceptors (Lipinski definition) is 7. The number of aryl methyl sites for hydroxylation is 1. The summed E-state index contributed by atoms with van der Waals surface area (Å²) in [5.41, 5.74) is 2.78. The van der Waals surface area contributed by atoms with Crippen molar-refractivity contribution in [3.05, 3.63) is 71.1 Å². The molecule has 2 aromatic heterocycles. The second kappa shape index (κ2) is 8.27. The fraction of sp³-hybridized carbons (Fsp3) is 0.250. The fourth-order valence-electron chi connectivity index (χ4n) is 3.05. The molecule has 4 rings (SSSR count). The first kappa shape index (κ1) is 19.5. The highest BCUT2D eigenvalue weighted by Crippen LogP contribution is 2.27. The van der Waals surface area contributed by atoms with E-state index in [1.54, 1.807) is 31.6 Å². The van der Waals surface area contributed by atoms with Gasteiger partial charge in [0.05, 0.1) is 19.1 Å². The van der Waals surface area contributed by atoms with Crippen molar-refractivity contribution in [3.63, 3.8) is 0 Å². The van der Waals surface area contributed by atoms with E-state index in [1.807, 2.05) is 0 Å². The van der Waals surface area contributed by atoms with Gasteiger partial charge in [0.15, 0.2) is 17.7 Å². The number of nitrogens with one attached hydrogen (secondary N) is 2. The summed E-state index contributed by atoms with van der Waals surface area (Å²) in [6.45, 7) is 1.89. The Balaban J connectivity index is 1.46. The van der Waals surface area contributed by atoms with Crippen LogP contribution in [-0.4, -0.2) is 38.7 Å². The van der Waals surface area contributed by atoms with Crippen molar-refractivity contribution < 1.29 is 18.8 Å². The molecule has 154 valence electrons. The van der Waals surface area contributed by atoms with Crippen LogP contribution >= 0.6 is 0 Å². The van der Waals surface area contributed by atoms with E-state index in [0.29, 0.717) is 29.2 Å². The number of rotatable bonds is 6. The molecule has 0 saturated heterocycles. The van der Waals surface area contributed by atoms with Crippen LogP contribution < -0.4 is 10.1 Å². The second-order valence-corrected chi connectivity index (χ2v) is 6.67. The van der Waals surface area contributed by atoms with E-state index in [2.05, 4.69) is 30.4 Å². The maximum Gasteiger partial charge on any atom is 0.270 e. The lowest BCUT2D eigenvalue weighted by molar-refractivity contribution is 0.0829. The van der Waals surface area contributed by atoms with Gasteiger partial charge in [0.1, 0.15) is 22.9 Å². The Kier molecular flexibility index (Phi) is 5.38. The summed E-state index contributed by atoms with van der Waals surface area (Å²) in [6.07, 6.45) is 3.51. The van der Waals surface area contributed by atoms with Crippen LogP contribution in [0, 0.1) is 12.7 Å². The molecule has 2 N–H and O–H groups in total. The fourth-order valence-corrected chi connectivity index (χ4v) is 3.05. The van der Waals surface area contributed by atoms with Crippen LogP contribution in [0.1, 0.15) is 45.8 Å². The van der Waals surface area contributed by atoms with Gasteiger partial charge in [-0.2, -0.15) is 0 Å². The molecule has 1 aliphatic rings. The van der Waals surface area contributed by atoms with Crippen molar-refractivity contribution >= 4 is 11.6 Å². The van der Waals surface area contributed by atoms with E-state index in [-0.39, 0.29) is 30.0 Å². The van der Waals surface area contributed by atoms with Crippen molar-refractivity contribution in [2.75, 3.05) is 7.11 Å². The SMILES string of the molecule is COc1cc(CNC(=O)c2cc(C3=NOC(c4c[nH]cn4)C3)nc(C)n2)ccc1F. The van der Waals surface area contributed by atoms with Gasteiger partial charge in [-0.25, -0.2) is 19.3 Å². The zero-order valence-electron chi connectivity index (χ0n) is 16.3. The number of amides is 1. The molecule has 0 bridgehead atoms. The van der Waals surface area contributed by atoms with Crippen molar-refractivity contribution in [2.45, 2.75) is 26.0 Å². The number of ether oxygens (including phenoxy) is 1. The van der Waals surface area contributed by atoms with Crippen molar-refractivity contribution in [3.8, 4) is 5.75 Å². The number of hydrogen-bond donors (Lipinski definition) is 2. The number of imidazole rings is 1. The Morgan fingerprint density at radius 1 is 1.37 bits per heavy atom. The summed E-state index contributed by atoms with van der Waals surface area (Å²) in [4.78, 5) is 33.7. The quantitative estimate of drug-likeness (QED) is 0.645. The number of nitrogens with zero attached hydrogens (tertiary/aromatic N) is 4. The third-order valence-electron chi connectivity index (χ3n) is 4.55. The monoisotopic (exact) mass is 410 g/mol. The smallest absolute Gasteiger partial charge is 0.270 e. The first-order valence-electron chi connectivity index (χ1n) is 9.21. The summed E-state index contributed by atoms with van der Waals surface area (Å²) >= 11 is 0. The van der Waals surface area contributed by atoms with Crippen LogP contribution in [0.2, 0.25) is 0 Å². The normalized spacial score (nSPS) is 15.4. The lowest BCUT2D eigenvalue weighted by atomic mass is 10.1. The molecule has 0 radical (unpaired) electrons. The zero-order chi connectivity index (χ0) is 21.1. The topological polar surface area (TPSA) is 114 Å². The number of oxime groups is 1. The molecule has 3 aromatic rings. The van der Waals surface area contributed by atoms with E-state index in [1.165, 1.54) is 19.2 Å². The van der Waals surface area contributed by atoms with Gasteiger partial charge < -0.3 is 19.9 Å².